The van der Waals surface area contributed by atoms with Crippen LogP contribution in [-0.4, -0.2) is 90.4 Å². The Hall–Kier alpha value is -2.52. The van der Waals surface area contributed by atoms with Gasteiger partial charge in [0.1, 0.15) is 0 Å². The standard InChI is InChI=1S/C30H44N2O6/c1-6-23-11-14-31-28(37-5)27(23)30(13-18-35-3,12-8-17-34-2)26(22-36-4)24-9-7-10-25(21-24)29(33)32-15-19-38-20-16-32/h7,9-11,14,21,26H,6,8,12-13,15-20,22H2,1-5H3. The summed E-state index contributed by atoms with van der Waals surface area (Å²) in [6.45, 7) is 6.15. The molecule has 0 N–H and O–H groups in total. The average Bonchev–Trinajstić information content (AvgIpc) is 2.97. The highest BCUT2D eigenvalue weighted by atomic mass is 16.5. The number of carbonyl (C=O) groups is 1. The summed E-state index contributed by atoms with van der Waals surface area (Å²) < 4.78 is 28.4. The molecule has 2 heterocycles. The third-order valence-electron chi connectivity index (χ3n) is 7.63. The van der Waals surface area contributed by atoms with E-state index in [1.165, 1.54) is 5.56 Å². The van der Waals surface area contributed by atoms with Crippen molar-refractivity contribution in [2.75, 3.05) is 74.6 Å². The minimum Gasteiger partial charge on any atom is -0.481 e. The first-order valence-corrected chi connectivity index (χ1v) is 13.5. The molecular weight excluding hydrogens is 484 g/mol. The molecule has 0 bridgehead atoms. The minimum absolute atomic E-state index is 0.0291. The van der Waals surface area contributed by atoms with Crippen molar-refractivity contribution in [2.24, 2.45) is 0 Å². The number of carbonyl (C=O) groups excluding carboxylic acids is 1. The predicted octanol–water partition coefficient (Wildman–Crippen LogP) is 4.26. The molecule has 38 heavy (non-hydrogen) atoms. The van der Waals surface area contributed by atoms with Crippen LogP contribution in [0, 0.1) is 0 Å². The quantitative estimate of drug-likeness (QED) is 0.320. The van der Waals surface area contributed by atoms with Crippen LogP contribution < -0.4 is 4.74 Å². The summed E-state index contributed by atoms with van der Waals surface area (Å²) >= 11 is 0. The van der Waals surface area contributed by atoms with Gasteiger partial charge in [0.05, 0.1) is 26.9 Å². The number of nitrogens with zero attached hydrogens (tertiary/aromatic N) is 2. The molecule has 8 heteroatoms. The number of amides is 1. The fourth-order valence-corrected chi connectivity index (χ4v) is 5.76. The molecule has 1 aliphatic heterocycles. The van der Waals surface area contributed by atoms with Crippen molar-refractivity contribution in [3.05, 3.63) is 58.8 Å². The van der Waals surface area contributed by atoms with Gasteiger partial charge in [0.15, 0.2) is 0 Å². The zero-order valence-electron chi connectivity index (χ0n) is 23.7. The van der Waals surface area contributed by atoms with Crippen LogP contribution in [0.1, 0.15) is 59.2 Å². The Morgan fingerprint density at radius 1 is 1.05 bits per heavy atom. The van der Waals surface area contributed by atoms with Crippen molar-refractivity contribution >= 4 is 5.91 Å². The number of aromatic nitrogens is 1. The van der Waals surface area contributed by atoms with E-state index in [0.717, 1.165) is 36.8 Å². The van der Waals surface area contributed by atoms with Gasteiger partial charge in [-0.3, -0.25) is 4.79 Å². The summed E-state index contributed by atoms with van der Waals surface area (Å²) in [5.41, 5.74) is 3.57. The van der Waals surface area contributed by atoms with E-state index in [1.54, 1.807) is 28.4 Å². The Balaban J connectivity index is 2.20. The molecule has 1 aromatic heterocycles. The summed E-state index contributed by atoms with van der Waals surface area (Å²) in [6, 6.07) is 10.1. The van der Waals surface area contributed by atoms with Crippen molar-refractivity contribution in [1.29, 1.82) is 0 Å². The van der Waals surface area contributed by atoms with E-state index in [0.29, 0.717) is 57.6 Å². The first kappa shape index (κ1) is 30.0. The Morgan fingerprint density at radius 3 is 2.47 bits per heavy atom. The summed E-state index contributed by atoms with van der Waals surface area (Å²) in [6.07, 6.45) is 5.04. The number of benzene rings is 1. The molecule has 1 aromatic carbocycles. The van der Waals surface area contributed by atoms with Gasteiger partial charge in [-0.05, 0) is 55.0 Å². The van der Waals surface area contributed by atoms with Crippen LogP contribution in [0.25, 0.3) is 0 Å². The van der Waals surface area contributed by atoms with Crippen molar-refractivity contribution in [1.82, 2.24) is 9.88 Å². The maximum absolute atomic E-state index is 13.4. The van der Waals surface area contributed by atoms with Gasteiger partial charge in [-0.15, -0.1) is 0 Å². The normalized spacial score (nSPS) is 16.2. The molecule has 0 saturated carbocycles. The van der Waals surface area contributed by atoms with Crippen LogP contribution in [0.4, 0.5) is 0 Å². The zero-order chi connectivity index (χ0) is 27.4. The van der Waals surface area contributed by atoms with Gasteiger partial charge in [-0.25, -0.2) is 4.98 Å². The number of methoxy groups -OCH3 is 4. The Morgan fingerprint density at radius 2 is 1.82 bits per heavy atom. The number of ether oxygens (including phenoxy) is 5. The van der Waals surface area contributed by atoms with Crippen LogP contribution in [0.2, 0.25) is 0 Å². The van der Waals surface area contributed by atoms with Gasteiger partial charge >= 0.3 is 0 Å². The molecule has 8 nitrogen and oxygen atoms in total. The molecule has 2 atom stereocenters. The molecule has 1 saturated heterocycles. The van der Waals surface area contributed by atoms with E-state index < -0.39 is 5.41 Å². The highest BCUT2D eigenvalue weighted by Crippen LogP contribution is 2.50. The molecule has 1 amide bonds. The number of aryl methyl sites for hydroxylation is 1. The third-order valence-corrected chi connectivity index (χ3v) is 7.63. The molecule has 2 unspecified atom stereocenters. The number of hydrogen-bond acceptors (Lipinski definition) is 7. The maximum atomic E-state index is 13.4. The predicted molar refractivity (Wildman–Crippen MR) is 147 cm³/mol. The Labute approximate surface area is 227 Å². The lowest BCUT2D eigenvalue weighted by molar-refractivity contribution is 0.0302. The summed E-state index contributed by atoms with van der Waals surface area (Å²) in [5, 5.41) is 0. The molecule has 2 aromatic rings. The Kier molecular flexibility index (Phi) is 12.0. The smallest absolute Gasteiger partial charge is 0.254 e. The number of rotatable bonds is 15. The van der Waals surface area contributed by atoms with E-state index in [1.807, 2.05) is 29.3 Å². The molecular formula is C30H44N2O6. The Bertz CT molecular complexity index is 988. The molecule has 1 fully saturated rings. The molecule has 3 rings (SSSR count). The van der Waals surface area contributed by atoms with E-state index >= 15 is 0 Å². The van der Waals surface area contributed by atoms with Gasteiger partial charge in [0, 0.05) is 76.3 Å². The lowest BCUT2D eigenvalue weighted by atomic mass is 9.62. The van der Waals surface area contributed by atoms with Crippen molar-refractivity contribution in [2.45, 2.75) is 43.9 Å². The summed E-state index contributed by atoms with van der Waals surface area (Å²) in [7, 11) is 6.86. The largest absolute Gasteiger partial charge is 0.481 e. The lowest BCUT2D eigenvalue weighted by Gasteiger charge is -2.43. The van der Waals surface area contributed by atoms with Crippen molar-refractivity contribution in [3.8, 4) is 5.88 Å². The molecule has 0 radical (unpaired) electrons. The van der Waals surface area contributed by atoms with E-state index in [4.69, 9.17) is 23.7 Å². The third kappa shape index (κ3) is 6.91. The van der Waals surface area contributed by atoms with Crippen LogP contribution >= 0.6 is 0 Å². The first-order valence-electron chi connectivity index (χ1n) is 13.5. The zero-order valence-corrected chi connectivity index (χ0v) is 23.7. The van der Waals surface area contributed by atoms with Gasteiger partial charge in [-0.2, -0.15) is 0 Å². The second kappa shape index (κ2) is 15.2. The van der Waals surface area contributed by atoms with E-state index in [-0.39, 0.29) is 11.8 Å². The van der Waals surface area contributed by atoms with Crippen LogP contribution in [0.5, 0.6) is 5.88 Å². The van der Waals surface area contributed by atoms with E-state index in [2.05, 4.69) is 24.0 Å². The number of hydrogen-bond donors (Lipinski definition) is 0. The fraction of sp³-hybridized carbons (Fsp3) is 0.600. The second-order valence-corrected chi connectivity index (χ2v) is 9.74. The average molecular weight is 529 g/mol. The summed E-state index contributed by atoms with van der Waals surface area (Å²) in [4.78, 5) is 19.9. The topological polar surface area (TPSA) is 79.3 Å². The first-order chi connectivity index (χ1) is 18.6. The van der Waals surface area contributed by atoms with Crippen LogP contribution in [0.15, 0.2) is 36.5 Å². The maximum Gasteiger partial charge on any atom is 0.254 e. The van der Waals surface area contributed by atoms with Gasteiger partial charge in [-0.1, -0.05) is 19.1 Å². The monoisotopic (exact) mass is 528 g/mol. The SMILES string of the molecule is CCc1ccnc(OC)c1C(CCCOC)(CCOC)C(COC)c1cccc(C(=O)N2CCOCC2)c1. The molecule has 0 spiro atoms. The lowest BCUT2D eigenvalue weighted by Crippen LogP contribution is -2.41. The summed E-state index contributed by atoms with van der Waals surface area (Å²) in [5.74, 6) is 0.571. The molecule has 0 aliphatic carbocycles. The van der Waals surface area contributed by atoms with Crippen LogP contribution in [-0.2, 0) is 30.8 Å². The number of morpholine rings is 1. The molecule has 210 valence electrons. The van der Waals surface area contributed by atoms with Gasteiger partial charge in [0.2, 0.25) is 5.88 Å². The minimum atomic E-state index is -0.434. The highest BCUT2D eigenvalue weighted by molar-refractivity contribution is 5.94. The van der Waals surface area contributed by atoms with Gasteiger partial charge in [0.25, 0.3) is 5.91 Å². The highest BCUT2D eigenvalue weighted by Gasteiger charge is 2.44. The molecule has 1 aliphatic rings. The van der Waals surface area contributed by atoms with Crippen LogP contribution in [0.3, 0.4) is 0 Å². The number of pyridine rings is 1. The van der Waals surface area contributed by atoms with Crippen molar-refractivity contribution < 1.29 is 28.5 Å². The fourth-order valence-electron chi connectivity index (χ4n) is 5.76. The second-order valence-electron chi connectivity index (χ2n) is 9.74. The van der Waals surface area contributed by atoms with E-state index in [9.17, 15) is 4.79 Å². The van der Waals surface area contributed by atoms with Crippen molar-refractivity contribution in [3.63, 3.8) is 0 Å². The van der Waals surface area contributed by atoms with Gasteiger partial charge < -0.3 is 28.6 Å².